The van der Waals surface area contributed by atoms with Crippen molar-refractivity contribution in [2.45, 2.75) is 13.0 Å². The van der Waals surface area contributed by atoms with Gasteiger partial charge in [-0.3, -0.25) is 4.79 Å². The van der Waals surface area contributed by atoms with Gasteiger partial charge in [0, 0.05) is 0 Å². The van der Waals surface area contributed by atoms with Crippen molar-refractivity contribution in [2.24, 2.45) is 0 Å². The van der Waals surface area contributed by atoms with E-state index < -0.39 is 23.8 Å². The summed E-state index contributed by atoms with van der Waals surface area (Å²) >= 11 is 0. The van der Waals surface area contributed by atoms with Crippen LogP contribution in [0, 0.1) is 5.82 Å². The first kappa shape index (κ1) is 20.1. The van der Waals surface area contributed by atoms with E-state index in [1.165, 1.54) is 25.1 Å². The molecular weight excluding hydrogens is 373 g/mol. The van der Waals surface area contributed by atoms with Crippen LogP contribution in [0.15, 0.2) is 78.9 Å². The normalized spacial score (nSPS) is 11.4. The largest absolute Gasteiger partial charge is 0.482 e. The van der Waals surface area contributed by atoms with Gasteiger partial charge in [0.1, 0.15) is 11.6 Å². The maximum Gasteiger partial charge on any atom is 0.344 e. The number of anilines is 1. The molecule has 3 rings (SSSR count). The molecule has 1 N–H and O–H groups in total. The molecule has 0 aliphatic rings. The van der Waals surface area contributed by atoms with Crippen LogP contribution in [0.2, 0.25) is 0 Å². The fourth-order valence-electron chi connectivity index (χ4n) is 2.60. The van der Waals surface area contributed by atoms with Gasteiger partial charge in [-0.25, -0.2) is 9.18 Å². The Balaban J connectivity index is 1.48. The zero-order valence-electron chi connectivity index (χ0n) is 15.8. The number of esters is 1. The van der Waals surface area contributed by atoms with Crippen molar-refractivity contribution in [3.63, 3.8) is 0 Å². The molecule has 0 saturated heterocycles. The summed E-state index contributed by atoms with van der Waals surface area (Å²) in [6.45, 7) is 1.06. The number of para-hydroxylation sites is 1. The molecule has 0 aliphatic heterocycles. The van der Waals surface area contributed by atoms with Gasteiger partial charge in [0.05, 0.1) is 5.69 Å². The average Bonchev–Trinajstić information content (AvgIpc) is 2.75. The van der Waals surface area contributed by atoms with E-state index in [-0.39, 0.29) is 12.3 Å². The zero-order valence-corrected chi connectivity index (χ0v) is 15.8. The Bertz CT molecular complexity index is 974. The molecule has 0 fully saturated rings. The Morgan fingerprint density at radius 3 is 2.21 bits per heavy atom. The van der Waals surface area contributed by atoms with E-state index in [9.17, 15) is 14.0 Å². The van der Waals surface area contributed by atoms with Gasteiger partial charge in [0.15, 0.2) is 12.7 Å². The van der Waals surface area contributed by atoms with E-state index in [1.807, 2.05) is 42.5 Å². The van der Waals surface area contributed by atoms with Crippen LogP contribution >= 0.6 is 0 Å². The lowest BCUT2D eigenvalue weighted by atomic mass is 10.1. The first-order chi connectivity index (χ1) is 14.0. The van der Waals surface area contributed by atoms with Crippen LogP contribution in [0.25, 0.3) is 11.1 Å². The molecule has 29 heavy (non-hydrogen) atoms. The Morgan fingerprint density at radius 2 is 1.52 bits per heavy atom. The third kappa shape index (κ3) is 5.65. The summed E-state index contributed by atoms with van der Waals surface area (Å²) in [6, 6.07) is 22.9. The molecule has 0 aromatic heterocycles. The minimum Gasteiger partial charge on any atom is -0.482 e. The predicted octanol–water partition coefficient (Wildman–Crippen LogP) is 4.44. The second kappa shape index (κ2) is 9.50. The van der Waals surface area contributed by atoms with Crippen molar-refractivity contribution in [2.75, 3.05) is 11.9 Å². The molecule has 3 aromatic carbocycles. The summed E-state index contributed by atoms with van der Waals surface area (Å²) < 4.78 is 24.0. The molecule has 5 nitrogen and oxygen atoms in total. The molecule has 0 unspecified atom stereocenters. The Hall–Kier alpha value is -3.67. The van der Waals surface area contributed by atoms with Crippen LogP contribution in [-0.2, 0) is 14.3 Å². The molecule has 0 spiro atoms. The minimum absolute atomic E-state index is 0.0233. The van der Waals surface area contributed by atoms with Crippen LogP contribution < -0.4 is 10.1 Å². The standard InChI is InChI=1S/C23H20FNO4/c1-16(23(27)25-21-10-6-5-9-20(21)24)29-22(26)15-28-19-13-11-18(12-14-19)17-7-3-2-4-8-17/h2-14,16H,15H2,1H3,(H,25,27)/t16-/m1/s1. The monoisotopic (exact) mass is 393 g/mol. The first-order valence-electron chi connectivity index (χ1n) is 9.06. The third-order valence-electron chi connectivity index (χ3n) is 4.13. The van der Waals surface area contributed by atoms with E-state index in [0.29, 0.717) is 5.75 Å². The van der Waals surface area contributed by atoms with Crippen molar-refractivity contribution in [3.8, 4) is 16.9 Å². The van der Waals surface area contributed by atoms with Crippen LogP contribution in [0.3, 0.4) is 0 Å². The molecule has 0 heterocycles. The molecule has 148 valence electrons. The number of amides is 1. The number of halogens is 1. The summed E-state index contributed by atoms with van der Waals surface area (Å²) in [5, 5.41) is 2.38. The summed E-state index contributed by atoms with van der Waals surface area (Å²) in [4.78, 5) is 24.0. The van der Waals surface area contributed by atoms with E-state index in [1.54, 1.807) is 18.2 Å². The van der Waals surface area contributed by atoms with Crippen molar-refractivity contribution < 1.29 is 23.5 Å². The van der Waals surface area contributed by atoms with Gasteiger partial charge in [0.2, 0.25) is 0 Å². The summed E-state index contributed by atoms with van der Waals surface area (Å²) in [7, 11) is 0. The van der Waals surface area contributed by atoms with E-state index >= 15 is 0 Å². The predicted molar refractivity (Wildman–Crippen MR) is 108 cm³/mol. The maximum atomic E-state index is 13.6. The van der Waals surface area contributed by atoms with Crippen LogP contribution in [-0.4, -0.2) is 24.6 Å². The topological polar surface area (TPSA) is 64.6 Å². The SMILES string of the molecule is C[C@@H](OC(=O)COc1ccc(-c2ccccc2)cc1)C(=O)Nc1ccccc1F. The molecule has 1 atom stereocenters. The van der Waals surface area contributed by atoms with E-state index in [4.69, 9.17) is 9.47 Å². The highest BCUT2D eigenvalue weighted by molar-refractivity contribution is 5.95. The van der Waals surface area contributed by atoms with Crippen LogP contribution in [0.5, 0.6) is 5.75 Å². The molecule has 0 bridgehead atoms. The van der Waals surface area contributed by atoms with Crippen molar-refractivity contribution >= 4 is 17.6 Å². The second-order valence-corrected chi connectivity index (χ2v) is 6.28. The highest BCUT2D eigenvalue weighted by atomic mass is 19.1. The lowest BCUT2D eigenvalue weighted by Gasteiger charge is -2.14. The smallest absolute Gasteiger partial charge is 0.344 e. The fourth-order valence-corrected chi connectivity index (χ4v) is 2.60. The number of carbonyl (C=O) groups is 2. The van der Waals surface area contributed by atoms with Crippen molar-refractivity contribution in [1.82, 2.24) is 0 Å². The highest BCUT2D eigenvalue weighted by Gasteiger charge is 2.19. The van der Waals surface area contributed by atoms with Gasteiger partial charge >= 0.3 is 5.97 Å². The van der Waals surface area contributed by atoms with Gasteiger partial charge in [0.25, 0.3) is 5.91 Å². The highest BCUT2D eigenvalue weighted by Crippen LogP contribution is 2.22. The van der Waals surface area contributed by atoms with Crippen LogP contribution in [0.4, 0.5) is 10.1 Å². The third-order valence-corrected chi connectivity index (χ3v) is 4.13. The zero-order chi connectivity index (χ0) is 20.6. The number of nitrogens with one attached hydrogen (secondary N) is 1. The number of ether oxygens (including phenoxy) is 2. The maximum absolute atomic E-state index is 13.6. The molecule has 0 aliphatic carbocycles. The van der Waals surface area contributed by atoms with Gasteiger partial charge < -0.3 is 14.8 Å². The second-order valence-electron chi connectivity index (χ2n) is 6.28. The summed E-state index contributed by atoms with van der Waals surface area (Å²) in [6.07, 6.45) is -1.09. The Labute approximate surface area is 168 Å². The quantitative estimate of drug-likeness (QED) is 0.603. The lowest BCUT2D eigenvalue weighted by molar-refractivity contribution is -0.155. The number of hydrogen-bond acceptors (Lipinski definition) is 4. The number of carbonyl (C=O) groups excluding carboxylic acids is 2. The van der Waals surface area contributed by atoms with E-state index in [2.05, 4.69) is 5.32 Å². The molecule has 3 aromatic rings. The van der Waals surface area contributed by atoms with Gasteiger partial charge in [-0.1, -0.05) is 54.6 Å². The summed E-state index contributed by atoms with van der Waals surface area (Å²) in [5.74, 6) is -1.39. The first-order valence-corrected chi connectivity index (χ1v) is 9.06. The molecule has 6 heteroatoms. The lowest BCUT2D eigenvalue weighted by Crippen LogP contribution is -2.31. The average molecular weight is 393 g/mol. The molecule has 1 amide bonds. The molecular formula is C23H20FNO4. The van der Waals surface area contributed by atoms with Crippen molar-refractivity contribution in [3.05, 3.63) is 84.7 Å². The van der Waals surface area contributed by atoms with Crippen LogP contribution in [0.1, 0.15) is 6.92 Å². The number of hydrogen-bond donors (Lipinski definition) is 1. The Kier molecular flexibility index (Phi) is 6.58. The minimum atomic E-state index is -1.09. The summed E-state index contributed by atoms with van der Waals surface area (Å²) in [5.41, 5.74) is 2.13. The van der Waals surface area contributed by atoms with Crippen molar-refractivity contribution in [1.29, 1.82) is 0 Å². The van der Waals surface area contributed by atoms with Gasteiger partial charge in [-0.15, -0.1) is 0 Å². The number of benzene rings is 3. The molecule has 0 saturated carbocycles. The van der Waals surface area contributed by atoms with Gasteiger partial charge in [-0.2, -0.15) is 0 Å². The fraction of sp³-hybridized carbons (Fsp3) is 0.130. The molecule has 0 radical (unpaired) electrons. The number of rotatable bonds is 7. The van der Waals surface area contributed by atoms with Gasteiger partial charge in [-0.05, 0) is 42.3 Å². The van der Waals surface area contributed by atoms with E-state index in [0.717, 1.165) is 11.1 Å². The Morgan fingerprint density at radius 1 is 0.897 bits per heavy atom.